The van der Waals surface area contributed by atoms with E-state index < -0.39 is 0 Å². The van der Waals surface area contributed by atoms with E-state index >= 15 is 0 Å². The highest BCUT2D eigenvalue weighted by Crippen LogP contribution is 2.17. The first-order chi connectivity index (χ1) is 9.27. The lowest BCUT2D eigenvalue weighted by molar-refractivity contribution is -0.567. The molecule has 0 atom stereocenters. The van der Waals surface area contributed by atoms with Gasteiger partial charge in [0, 0.05) is 29.8 Å². The number of hydrogen-bond donors (Lipinski definition) is 0. The van der Waals surface area contributed by atoms with E-state index in [0.29, 0.717) is 0 Å². The first-order valence-electron chi connectivity index (χ1n) is 6.27. The monoisotopic (exact) mass is 248 g/mol. The van der Waals surface area contributed by atoms with Gasteiger partial charge in [-0.25, -0.2) is 0 Å². The van der Waals surface area contributed by atoms with Gasteiger partial charge in [-0.05, 0) is 13.0 Å². The van der Waals surface area contributed by atoms with Gasteiger partial charge in [0.1, 0.15) is 0 Å². The van der Waals surface area contributed by atoms with Gasteiger partial charge < -0.3 is 0 Å². The molecule has 0 saturated carbocycles. The Morgan fingerprint density at radius 3 is 2.42 bits per heavy atom. The van der Waals surface area contributed by atoms with Crippen molar-refractivity contribution in [3.05, 3.63) is 72.4 Å². The Hall–Kier alpha value is -2.48. The first-order valence-corrected chi connectivity index (χ1v) is 6.27. The largest absolute Gasteiger partial charge is 0.294 e. The molecule has 0 amide bonds. The summed E-state index contributed by atoms with van der Waals surface area (Å²) >= 11 is 0. The Kier molecular flexibility index (Phi) is 2.84. The molecule has 0 N–H and O–H groups in total. The van der Waals surface area contributed by atoms with Gasteiger partial charge in [-0.15, -0.1) is 0 Å². The molecule has 0 saturated heterocycles. The van der Waals surface area contributed by atoms with Crippen molar-refractivity contribution in [2.75, 3.05) is 0 Å². The summed E-state index contributed by atoms with van der Waals surface area (Å²) < 4.78 is 2.10. The van der Waals surface area contributed by atoms with E-state index in [0.717, 1.165) is 22.2 Å². The summed E-state index contributed by atoms with van der Waals surface area (Å²) in [5.41, 5.74) is 2.90. The van der Waals surface area contributed by atoms with Crippen molar-refractivity contribution in [2.45, 2.75) is 6.92 Å². The van der Waals surface area contributed by atoms with Gasteiger partial charge in [0.25, 0.3) is 0 Å². The van der Waals surface area contributed by atoms with Gasteiger partial charge in [-0.3, -0.25) is 4.79 Å². The quantitative estimate of drug-likeness (QED) is 0.503. The van der Waals surface area contributed by atoms with Crippen molar-refractivity contribution in [3.8, 4) is 5.69 Å². The molecule has 0 fully saturated rings. The second kappa shape index (κ2) is 4.65. The zero-order valence-electron chi connectivity index (χ0n) is 10.7. The molecule has 1 aromatic heterocycles. The maximum Gasteiger partial charge on any atom is 0.219 e. The number of carbonyl (C=O) groups excluding carboxylic acids is 1. The van der Waals surface area contributed by atoms with E-state index in [9.17, 15) is 4.79 Å². The molecule has 0 unspecified atom stereocenters. The Bertz CT molecular complexity index is 748. The van der Waals surface area contributed by atoms with E-state index in [4.69, 9.17) is 0 Å². The third kappa shape index (κ3) is 2.02. The fraction of sp³-hybridized carbons (Fsp3) is 0.0588. The van der Waals surface area contributed by atoms with E-state index in [-0.39, 0.29) is 5.78 Å². The van der Waals surface area contributed by atoms with E-state index in [1.807, 2.05) is 54.7 Å². The maximum atomic E-state index is 11.7. The number of ketones is 1. The number of hydrogen-bond acceptors (Lipinski definition) is 1. The minimum absolute atomic E-state index is 0.0939. The van der Waals surface area contributed by atoms with Crippen LogP contribution in [0.1, 0.15) is 17.3 Å². The van der Waals surface area contributed by atoms with Crippen molar-refractivity contribution in [2.24, 2.45) is 0 Å². The molecular weight excluding hydrogens is 234 g/mol. The predicted octanol–water partition coefficient (Wildman–Crippen LogP) is 3.32. The number of rotatable bonds is 2. The topological polar surface area (TPSA) is 20.9 Å². The van der Waals surface area contributed by atoms with E-state index in [2.05, 4.69) is 16.7 Å². The predicted molar refractivity (Wildman–Crippen MR) is 75.5 cm³/mol. The van der Waals surface area contributed by atoms with Crippen LogP contribution in [0.2, 0.25) is 0 Å². The number of para-hydroxylation sites is 1. The normalized spacial score (nSPS) is 10.6. The van der Waals surface area contributed by atoms with Crippen LogP contribution in [-0.4, -0.2) is 5.78 Å². The molecule has 0 aliphatic heterocycles. The van der Waals surface area contributed by atoms with Gasteiger partial charge in [0.15, 0.2) is 12.0 Å². The Balaban J connectivity index is 2.34. The van der Waals surface area contributed by atoms with Crippen LogP contribution >= 0.6 is 0 Å². The fourth-order valence-corrected chi connectivity index (χ4v) is 2.36. The van der Waals surface area contributed by atoms with Crippen molar-refractivity contribution in [1.82, 2.24) is 0 Å². The highest BCUT2D eigenvalue weighted by molar-refractivity contribution is 6.05. The number of carbonyl (C=O) groups is 1. The third-order valence-electron chi connectivity index (χ3n) is 3.25. The number of nitrogens with zero attached hydrogens (tertiary/aromatic N) is 1. The van der Waals surface area contributed by atoms with Crippen molar-refractivity contribution in [1.29, 1.82) is 0 Å². The van der Waals surface area contributed by atoms with Crippen molar-refractivity contribution < 1.29 is 9.36 Å². The molecule has 92 valence electrons. The van der Waals surface area contributed by atoms with Crippen LogP contribution in [0.4, 0.5) is 0 Å². The molecule has 0 bridgehead atoms. The summed E-state index contributed by atoms with van der Waals surface area (Å²) in [6.45, 7) is 1.61. The highest BCUT2D eigenvalue weighted by Gasteiger charge is 2.14. The van der Waals surface area contributed by atoms with E-state index in [1.165, 1.54) is 0 Å². The first kappa shape index (κ1) is 11.6. The van der Waals surface area contributed by atoms with Crippen LogP contribution in [0.5, 0.6) is 0 Å². The summed E-state index contributed by atoms with van der Waals surface area (Å²) in [7, 11) is 0. The Morgan fingerprint density at radius 1 is 0.895 bits per heavy atom. The molecule has 3 rings (SSSR count). The summed E-state index contributed by atoms with van der Waals surface area (Å²) in [4.78, 5) is 11.7. The van der Waals surface area contributed by atoms with Crippen LogP contribution in [-0.2, 0) is 0 Å². The van der Waals surface area contributed by atoms with E-state index in [1.54, 1.807) is 6.92 Å². The zero-order chi connectivity index (χ0) is 13.2. The molecule has 1 heterocycles. The lowest BCUT2D eigenvalue weighted by Crippen LogP contribution is -2.31. The molecule has 2 aromatic carbocycles. The van der Waals surface area contributed by atoms with Gasteiger partial charge >= 0.3 is 0 Å². The third-order valence-corrected chi connectivity index (χ3v) is 3.25. The summed E-state index contributed by atoms with van der Waals surface area (Å²) in [5, 5.41) is 0.987. The number of Topliss-reactive ketones (excluding diaryl/α,β-unsaturated/α-hetero) is 1. The van der Waals surface area contributed by atoms with Gasteiger partial charge in [-0.1, -0.05) is 30.3 Å². The Labute approximate surface area is 111 Å². The van der Waals surface area contributed by atoms with Crippen LogP contribution in [0.15, 0.2) is 66.9 Å². The van der Waals surface area contributed by atoms with Crippen LogP contribution in [0.25, 0.3) is 16.6 Å². The lowest BCUT2D eigenvalue weighted by atomic mass is 10.1. The van der Waals surface area contributed by atoms with Crippen LogP contribution < -0.4 is 4.57 Å². The SMILES string of the molecule is CC(=O)c1cccc2c1ccc[n+]2-c1ccccc1. The molecule has 0 aliphatic rings. The van der Waals surface area contributed by atoms with Crippen LogP contribution in [0.3, 0.4) is 0 Å². The fourth-order valence-electron chi connectivity index (χ4n) is 2.36. The molecule has 0 radical (unpaired) electrons. The second-order valence-corrected chi connectivity index (χ2v) is 4.51. The molecule has 2 heteroatoms. The molecule has 0 aliphatic carbocycles. The average molecular weight is 248 g/mol. The standard InChI is InChI=1S/C17H14NO/c1-13(19)15-9-5-11-17-16(15)10-6-12-18(17)14-7-3-2-4-8-14/h2-12H,1H3/q+1. The smallest absolute Gasteiger partial charge is 0.219 e. The maximum absolute atomic E-state index is 11.7. The second-order valence-electron chi connectivity index (χ2n) is 4.51. The number of pyridine rings is 1. The van der Waals surface area contributed by atoms with Crippen molar-refractivity contribution >= 4 is 16.7 Å². The molecule has 3 aromatic rings. The number of benzene rings is 2. The highest BCUT2D eigenvalue weighted by atomic mass is 16.1. The molecular formula is C17H14NO+. The molecule has 0 spiro atoms. The van der Waals surface area contributed by atoms with Gasteiger partial charge in [0.05, 0.1) is 5.39 Å². The summed E-state index contributed by atoms with van der Waals surface area (Å²) in [5.74, 6) is 0.0939. The summed E-state index contributed by atoms with van der Waals surface area (Å²) in [6, 6.07) is 19.9. The van der Waals surface area contributed by atoms with Gasteiger partial charge in [0.2, 0.25) is 11.2 Å². The Morgan fingerprint density at radius 2 is 1.68 bits per heavy atom. The molecule has 2 nitrogen and oxygen atoms in total. The molecule has 19 heavy (non-hydrogen) atoms. The number of aromatic nitrogens is 1. The minimum atomic E-state index is 0.0939. The zero-order valence-corrected chi connectivity index (χ0v) is 10.7. The summed E-state index contributed by atoms with van der Waals surface area (Å²) in [6.07, 6.45) is 2.02. The van der Waals surface area contributed by atoms with Gasteiger partial charge in [-0.2, -0.15) is 4.57 Å². The average Bonchev–Trinajstić information content (AvgIpc) is 2.46. The lowest BCUT2D eigenvalue weighted by Gasteiger charge is -2.03. The van der Waals surface area contributed by atoms with Crippen LogP contribution in [0, 0.1) is 0 Å². The number of fused-ring (bicyclic) bond motifs is 1. The van der Waals surface area contributed by atoms with Crippen molar-refractivity contribution in [3.63, 3.8) is 0 Å². The minimum Gasteiger partial charge on any atom is -0.294 e.